The molecule has 0 bridgehead atoms. The fourth-order valence-electron chi connectivity index (χ4n) is 3.25. The molecule has 0 unspecified atom stereocenters. The zero-order chi connectivity index (χ0) is 20.1. The molecule has 28 heavy (non-hydrogen) atoms. The van der Waals surface area contributed by atoms with Crippen LogP contribution in [0.4, 0.5) is 19.0 Å². The average Bonchev–Trinajstić information content (AvgIpc) is 2.92. The molecular weight excluding hydrogens is 391 g/mol. The molecule has 1 amide bonds. The van der Waals surface area contributed by atoms with E-state index in [1.165, 1.54) is 0 Å². The van der Waals surface area contributed by atoms with Gasteiger partial charge in [-0.1, -0.05) is 41.9 Å². The van der Waals surface area contributed by atoms with E-state index in [0.717, 1.165) is 17.8 Å². The Kier molecular flexibility index (Phi) is 6.44. The van der Waals surface area contributed by atoms with Gasteiger partial charge in [0, 0.05) is 38.8 Å². The number of alkyl halides is 3. The van der Waals surface area contributed by atoms with Crippen molar-refractivity contribution in [1.82, 2.24) is 9.88 Å². The minimum absolute atomic E-state index is 0.0290. The van der Waals surface area contributed by atoms with E-state index in [1.54, 1.807) is 4.90 Å². The number of nitrogens with zero attached hydrogens (tertiary/aromatic N) is 3. The van der Waals surface area contributed by atoms with Crippen LogP contribution in [0.1, 0.15) is 24.0 Å². The topological polar surface area (TPSA) is 36.4 Å². The van der Waals surface area contributed by atoms with Gasteiger partial charge in [0.05, 0.1) is 10.6 Å². The highest BCUT2D eigenvalue weighted by Crippen LogP contribution is 2.33. The highest BCUT2D eigenvalue weighted by molar-refractivity contribution is 6.33. The number of carbonyl (C=O) groups excluding carboxylic acids is 1. The smallest absolute Gasteiger partial charge is 0.354 e. The Morgan fingerprint density at radius 1 is 1.11 bits per heavy atom. The highest BCUT2D eigenvalue weighted by Gasteiger charge is 2.32. The molecule has 1 aliphatic rings. The van der Waals surface area contributed by atoms with E-state index < -0.39 is 11.7 Å². The molecule has 1 saturated heterocycles. The number of benzene rings is 1. The summed E-state index contributed by atoms with van der Waals surface area (Å²) in [5.74, 6) is 0.408. The Morgan fingerprint density at radius 2 is 1.86 bits per heavy atom. The number of hydrogen-bond donors (Lipinski definition) is 0. The molecule has 8 heteroatoms. The van der Waals surface area contributed by atoms with Crippen molar-refractivity contribution in [1.29, 1.82) is 0 Å². The maximum atomic E-state index is 12.8. The van der Waals surface area contributed by atoms with Crippen LogP contribution in [0, 0.1) is 0 Å². The van der Waals surface area contributed by atoms with Crippen LogP contribution in [0.3, 0.4) is 0 Å². The van der Waals surface area contributed by atoms with Gasteiger partial charge in [0.1, 0.15) is 5.82 Å². The van der Waals surface area contributed by atoms with E-state index in [2.05, 4.69) is 4.98 Å². The maximum Gasteiger partial charge on any atom is 0.417 e. The monoisotopic (exact) mass is 411 g/mol. The van der Waals surface area contributed by atoms with Gasteiger partial charge >= 0.3 is 6.18 Å². The van der Waals surface area contributed by atoms with Crippen LogP contribution in [0.15, 0.2) is 42.6 Å². The first kappa shape index (κ1) is 20.5. The van der Waals surface area contributed by atoms with E-state index in [4.69, 9.17) is 11.6 Å². The lowest BCUT2D eigenvalue weighted by Gasteiger charge is -2.24. The first-order chi connectivity index (χ1) is 13.3. The van der Waals surface area contributed by atoms with Crippen molar-refractivity contribution in [3.8, 4) is 0 Å². The number of pyridine rings is 1. The molecule has 1 aromatic heterocycles. The quantitative estimate of drug-likeness (QED) is 0.747. The van der Waals surface area contributed by atoms with Gasteiger partial charge in [-0.2, -0.15) is 13.2 Å². The van der Waals surface area contributed by atoms with Gasteiger partial charge in [0.15, 0.2) is 0 Å². The number of amides is 1. The van der Waals surface area contributed by atoms with E-state index in [1.807, 2.05) is 35.2 Å². The Morgan fingerprint density at radius 3 is 2.54 bits per heavy atom. The van der Waals surface area contributed by atoms with E-state index in [0.29, 0.717) is 51.3 Å². The number of halogens is 4. The molecule has 1 aliphatic heterocycles. The van der Waals surface area contributed by atoms with E-state index >= 15 is 0 Å². The van der Waals surface area contributed by atoms with Gasteiger partial charge in [-0.25, -0.2) is 4.98 Å². The predicted molar refractivity (Wildman–Crippen MR) is 102 cm³/mol. The van der Waals surface area contributed by atoms with Crippen LogP contribution in [0.5, 0.6) is 0 Å². The van der Waals surface area contributed by atoms with Gasteiger partial charge in [0.2, 0.25) is 5.91 Å². The molecular formula is C20H21ClF3N3O. The van der Waals surface area contributed by atoms with Crippen molar-refractivity contribution < 1.29 is 18.0 Å². The zero-order valence-corrected chi connectivity index (χ0v) is 16.0. The lowest BCUT2D eigenvalue weighted by atomic mass is 10.1. The van der Waals surface area contributed by atoms with Gasteiger partial charge in [0.25, 0.3) is 0 Å². The van der Waals surface area contributed by atoms with Crippen molar-refractivity contribution in [3.05, 3.63) is 58.7 Å². The van der Waals surface area contributed by atoms with Crippen LogP contribution in [0.2, 0.25) is 5.02 Å². The van der Waals surface area contributed by atoms with Gasteiger partial charge in [-0.05, 0) is 24.5 Å². The summed E-state index contributed by atoms with van der Waals surface area (Å²) in [7, 11) is 0. The SMILES string of the molecule is O=C(CCc1ccccc1)N1CCCN(c2ncc(C(F)(F)F)cc2Cl)CC1. The molecule has 2 heterocycles. The van der Waals surface area contributed by atoms with Crippen molar-refractivity contribution >= 4 is 23.3 Å². The second kappa shape index (κ2) is 8.82. The molecule has 2 aromatic rings. The summed E-state index contributed by atoms with van der Waals surface area (Å²) >= 11 is 6.05. The molecule has 4 nitrogen and oxygen atoms in total. The normalized spacial score (nSPS) is 15.4. The van der Waals surface area contributed by atoms with Crippen LogP contribution in [-0.4, -0.2) is 42.0 Å². The molecule has 0 saturated carbocycles. The van der Waals surface area contributed by atoms with Crippen molar-refractivity contribution in [3.63, 3.8) is 0 Å². The largest absolute Gasteiger partial charge is 0.417 e. The second-order valence-electron chi connectivity index (χ2n) is 6.73. The molecule has 0 spiro atoms. The van der Waals surface area contributed by atoms with Crippen molar-refractivity contribution in [2.75, 3.05) is 31.1 Å². The minimum Gasteiger partial charge on any atom is -0.354 e. The molecule has 0 N–H and O–H groups in total. The lowest BCUT2D eigenvalue weighted by molar-refractivity contribution is -0.137. The van der Waals surface area contributed by atoms with Gasteiger partial charge in [-0.3, -0.25) is 4.79 Å². The first-order valence-electron chi connectivity index (χ1n) is 9.14. The molecule has 0 aliphatic carbocycles. The van der Waals surface area contributed by atoms with E-state index in [9.17, 15) is 18.0 Å². The Bertz CT molecular complexity index is 814. The fraction of sp³-hybridized carbons (Fsp3) is 0.400. The third-order valence-corrected chi connectivity index (χ3v) is 5.05. The standard InChI is InChI=1S/C20H21ClF3N3O/c21-17-13-16(20(22,23)24)14-25-19(17)27-10-4-9-26(11-12-27)18(28)8-7-15-5-2-1-3-6-15/h1-3,5-6,13-14H,4,7-12H2. The summed E-state index contributed by atoms with van der Waals surface area (Å²) in [6, 6.07) is 10.7. The fourth-order valence-corrected chi connectivity index (χ4v) is 3.54. The summed E-state index contributed by atoms with van der Waals surface area (Å²) in [4.78, 5) is 20.1. The van der Waals surface area contributed by atoms with Gasteiger partial charge < -0.3 is 9.80 Å². The summed E-state index contributed by atoms with van der Waals surface area (Å²) in [6.07, 6.45) is -1.85. The van der Waals surface area contributed by atoms with Crippen LogP contribution < -0.4 is 4.90 Å². The van der Waals surface area contributed by atoms with Gasteiger partial charge in [-0.15, -0.1) is 0 Å². The molecule has 150 valence electrons. The second-order valence-corrected chi connectivity index (χ2v) is 7.14. The molecule has 0 atom stereocenters. The Hall–Kier alpha value is -2.28. The molecule has 1 fully saturated rings. The number of rotatable bonds is 4. The van der Waals surface area contributed by atoms with E-state index in [-0.39, 0.29) is 10.9 Å². The zero-order valence-electron chi connectivity index (χ0n) is 15.3. The van der Waals surface area contributed by atoms with Crippen LogP contribution in [-0.2, 0) is 17.4 Å². The highest BCUT2D eigenvalue weighted by atomic mass is 35.5. The number of carbonyl (C=O) groups is 1. The average molecular weight is 412 g/mol. The summed E-state index contributed by atoms with van der Waals surface area (Å²) < 4.78 is 38.4. The van der Waals surface area contributed by atoms with Crippen molar-refractivity contribution in [2.45, 2.75) is 25.4 Å². The predicted octanol–water partition coefficient (Wildman–Crippen LogP) is 4.43. The third kappa shape index (κ3) is 5.16. The molecule has 3 rings (SSSR count). The summed E-state index contributed by atoms with van der Waals surface area (Å²) in [5.41, 5.74) is 0.252. The molecule has 1 aromatic carbocycles. The van der Waals surface area contributed by atoms with Crippen LogP contribution in [0.25, 0.3) is 0 Å². The lowest BCUT2D eigenvalue weighted by Crippen LogP contribution is -2.35. The summed E-state index contributed by atoms with van der Waals surface area (Å²) in [6.45, 7) is 2.17. The number of aromatic nitrogens is 1. The third-order valence-electron chi connectivity index (χ3n) is 4.77. The Balaban J connectivity index is 1.59. The number of aryl methyl sites for hydroxylation is 1. The Labute approximate surface area is 166 Å². The van der Waals surface area contributed by atoms with Crippen LogP contribution >= 0.6 is 11.6 Å². The first-order valence-corrected chi connectivity index (χ1v) is 9.52. The maximum absolute atomic E-state index is 12.8. The minimum atomic E-state index is -4.48. The number of hydrogen-bond acceptors (Lipinski definition) is 3. The summed E-state index contributed by atoms with van der Waals surface area (Å²) in [5, 5.41) is -0.0290. The molecule has 0 radical (unpaired) electrons. The number of anilines is 1. The van der Waals surface area contributed by atoms with Crippen molar-refractivity contribution in [2.24, 2.45) is 0 Å².